The fourth-order valence-electron chi connectivity index (χ4n) is 3.34. The van der Waals surface area contributed by atoms with Gasteiger partial charge in [0.15, 0.2) is 0 Å². The molecule has 0 aliphatic heterocycles. The highest BCUT2D eigenvalue weighted by atomic mass is 16.1. The molecule has 1 aliphatic carbocycles. The van der Waals surface area contributed by atoms with Crippen molar-refractivity contribution < 1.29 is 4.79 Å². The second kappa shape index (κ2) is 6.63. The van der Waals surface area contributed by atoms with Crippen molar-refractivity contribution in [3.05, 3.63) is 18.2 Å². The van der Waals surface area contributed by atoms with E-state index in [0.29, 0.717) is 5.41 Å². The molecule has 1 saturated carbocycles. The number of nitrogens with zero attached hydrogens (tertiary/aromatic N) is 1. The van der Waals surface area contributed by atoms with Gasteiger partial charge in [0.05, 0.1) is 6.04 Å². The van der Waals surface area contributed by atoms with E-state index in [2.05, 4.69) is 43.0 Å². The molecule has 0 aromatic carbocycles. The van der Waals surface area contributed by atoms with Gasteiger partial charge in [-0.1, -0.05) is 27.7 Å². The highest BCUT2D eigenvalue weighted by Crippen LogP contribution is 2.39. The van der Waals surface area contributed by atoms with E-state index in [1.165, 1.54) is 12.8 Å². The van der Waals surface area contributed by atoms with Crippen molar-refractivity contribution in [3.63, 3.8) is 0 Å². The number of carbonyl (C=O) groups excluding carboxylic acids is 1. The number of aromatic amines is 1. The first-order valence-electron chi connectivity index (χ1n) is 8.21. The summed E-state index contributed by atoms with van der Waals surface area (Å²) in [6.07, 6.45) is 8.76. The maximum absolute atomic E-state index is 12.5. The smallest absolute Gasteiger partial charge is 0.223 e. The molecule has 0 spiro atoms. The molecule has 1 atom stereocenters. The van der Waals surface area contributed by atoms with Gasteiger partial charge in [-0.05, 0) is 43.4 Å². The zero-order chi connectivity index (χ0) is 15.5. The molecule has 1 aliphatic rings. The molecule has 1 heterocycles. The molecule has 118 valence electrons. The van der Waals surface area contributed by atoms with Crippen molar-refractivity contribution in [1.82, 2.24) is 15.3 Å². The van der Waals surface area contributed by atoms with Gasteiger partial charge in [-0.3, -0.25) is 4.79 Å². The molecule has 4 heteroatoms. The van der Waals surface area contributed by atoms with Gasteiger partial charge in [0.1, 0.15) is 5.82 Å². The number of nitrogens with one attached hydrogen (secondary N) is 2. The molecular weight excluding hydrogens is 262 g/mol. The zero-order valence-electron chi connectivity index (χ0n) is 13.8. The number of hydrogen-bond donors (Lipinski definition) is 2. The molecule has 0 saturated heterocycles. The Bertz CT molecular complexity index is 439. The molecule has 1 aromatic heterocycles. The monoisotopic (exact) mass is 291 g/mol. The van der Waals surface area contributed by atoms with Crippen LogP contribution in [-0.2, 0) is 4.79 Å². The lowest BCUT2D eigenvalue weighted by molar-refractivity contribution is -0.127. The van der Waals surface area contributed by atoms with E-state index >= 15 is 0 Å². The van der Waals surface area contributed by atoms with Crippen LogP contribution in [0.1, 0.15) is 71.7 Å². The predicted octanol–water partition coefficient (Wildman–Crippen LogP) is 3.83. The first-order valence-corrected chi connectivity index (χ1v) is 8.21. The molecule has 2 N–H and O–H groups in total. The highest BCUT2D eigenvalue weighted by molar-refractivity contribution is 5.79. The van der Waals surface area contributed by atoms with E-state index < -0.39 is 0 Å². The number of aromatic nitrogens is 2. The van der Waals surface area contributed by atoms with Crippen LogP contribution in [0.2, 0.25) is 0 Å². The lowest BCUT2D eigenvalue weighted by Crippen LogP contribution is -2.37. The van der Waals surface area contributed by atoms with Crippen LogP contribution in [-0.4, -0.2) is 15.9 Å². The van der Waals surface area contributed by atoms with E-state index in [-0.39, 0.29) is 17.9 Å². The van der Waals surface area contributed by atoms with Gasteiger partial charge in [-0.15, -0.1) is 0 Å². The van der Waals surface area contributed by atoms with Gasteiger partial charge in [-0.2, -0.15) is 0 Å². The minimum absolute atomic E-state index is 0.00726. The fourth-order valence-corrected chi connectivity index (χ4v) is 3.34. The second-order valence-electron chi connectivity index (χ2n) is 7.36. The Hall–Kier alpha value is -1.32. The van der Waals surface area contributed by atoms with Crippen LogP contribution < -0.4 is 5.32 Å². The third-order valence-electron chi connectivity index (χ3n) is 4.90. The second-order valence-corrected chi connectivity index (χ2v) is 7.36. The molecule has 1 fully saturated rings. The summed E-state index contributed by atoms with van der Waals surface area (Å²) in [5.74, 6) is 1.97. The van der Waals surface area contributed by atoms with Gasteiger partial charge in [0, 0.05) is 18.3 Å². The molecule has 1 aromatic rings. The van der Waals surface area contributed by atoms with Crippen molar-refractivity contribution in [1.29, 1.82) is 0 Å². The van der Waals surface area contributed by atoms with Crippen molar-refractivity contribution in [2.45, 2.75) is 65.8 Å². The number of hydrogen-bond acceptors (Lipinski definition) is 2. The number of carbonyl (C=O) groups is 1. The first kappa shape index (κ1) is 16.1. The van der Waals surface area contributed by atoms with Gasteiger partial charge < -0.3 is 10.3 Å². The number of amides is 1. The summed E-state index contributed by atoms with van der Waals surface area (Å²) < 4.78 is 0. The molecule has 1 amide bonds. The van der Waals surface area contributed by atoms with E-state index in [9.17, 15) is 4.79 Å². The van der Waals surface area contributed by atoms with Crippen LogP contribution in [0.5, 0.6) is 0 Å². The van der Waals surface area contributed by atoms with Crippen molar-refractivity contribution in [2.75, 3.05) is 0 Å². The maximum atomic E-state index is 12.5. The number of H-pyrrole nitrogens is 1. The largest absolute Gasteiger partial charge is 0.347 e. The van der Waals surface area contributed by atoms with Gasteiger partial charge in [-0.25, -0.2) is 4.98 Å². The summed E-state index contributed by atoms with van der Waals surface area (Å²) in [6, 6.07) is 0.00726. The Morgan fingerprint density at radius 1 is 1.38 bits per heavy atom. The van der Waals surface area contributed by atoms with Gasteiger partial charge in [0.2, 0.25) is 5.91 Å². The Labute approximate surface area is 128 Å². The fraction of sp³-hybridized carbons (Fsp3) is 0.765. The van der Waals surface area contributed by atoms with Crippen LogP contribution >= 0.6 is 0 Å². The highest BCUT2D eigenvalue weighted by Gasteiger charge is 2.33. The topological polar surface area (TPSA) is 57.8 Å². The van der Waals surface area contributed by atoms with Crippen LogP contribution in [0.15, 0.2) is 12.4 Å². The Morgan fingerprint density at radius 3 is 2.52 bits per heavy atom. The normalized spacial score (nSPS) is 24.6. The summed E-state index contributed by atoms with van der Waals surface area (Å²) >= 11 is 0. The summed E-state index contributed by atoms with van der Waals surface area (Å²) in [7, 11) is 0. The zero-order valence-corrected chi connectivity index (χ0v) is 13.8. The van der Waals surface area contributed by atoms with Crippen molar-refractivity contribution in [2.24, 2.45) is 17.3 Å². The molecule has 1 unspecified atom stereocenters. The van der Waals surface area contributed by atoms with Gasteiger partial charge >= 0.3 is 0 Å². The van der Waals surface area contributed by atoms with Crippen molar-refractivity contribution >= 4 is 5.91 Å². The summed E-state index contributed by atoms with van der Waals surface area (Å²) in [6.45, 7) is 9.00. The Morgan fingerprint density at radius 2 is 2.05 bits per heavy atom. The molecule has 4 nitrogen and oxygen atoms in total. The van der Waals surface area contributed by atoms with E-state index in [1.54, 1.807) is 12.4 Å². The third-order valence-corrected chi connectivity index (χ3v) is 4.90. The van der Waals surface area contributed by atoms with Gasteiger partial charge in [0.25, 0.3) is 0 Å². The third kappa shape index (κ3) is 4.08. The van der Waals surface area contributed by atoms with E-state index in [4.69, 9.17) is 0 Å². The Balaban J connectivity index is 1.87. The van der Waals surface area contributed by atoms with E-state index in [1.807, 2.05) is 0 Å². The molecular formula is C17H29N3O. The average Bonchev–Trinajstić information content (AvgIpc) is 2.97. The number of rotatable bonds is 4. The summed E-state index contributed by atoms with van der Waals surface area (Å²) in [5, 5.41) is 3.16. The van der Waals surface area contributed by atoms with E-state index in [0.717, 1.165) is 31.0 Å². The standard InChI is InChI=1S/C17H29N3O/c1-5-14(15-18-10-11-19-15)20-16(21)12-6-8-13(9-7-12)17(2,3)4/h10-14H,5-9H2,1-4H3,(H,18,19)(H,20,21). The lowest BCUT2D eigenvalue weighted by atomic mass is 9.69. The lowest BCUT2D eigenvalue weighted by Gasteiger charge is -2.36. The molecule has 2 rings (SSSR count). The van der Waals surface area contributed by atoms with Crippen molar-refractivity contribution in [3.8, 4) is 0 Å². The quantitative estimate of drug-likeness (QED) is 0.885. The molecule has 21 heavy (non-hydrogen) atoms. The predicted molar refractivity (Wildman–Crippen MR) is 84.7 cm³/mol. The van der Waals surface area contributed by atoms with Crippen LogP contribution in [0.3, 0.4) is 0 Å². The SMILES string of the molecule is CCC(NC(=O)C1CCC(C(C)(C)C)CC1)c1ncc[nH]1. The average molecular weight is 291 g/mol. The maximum Gasteiger partial charge on any atom is 0.223 e. The molecule has 0 bridgehead atoms. The minimum atomic E-state index is 0.00726. The van der Waals surface area contributed by atoms with Crippen LogP contribution in [0.25, 0.3) is 0 Å². The summed E-state index contributed by atoms with van der Waals surface area (Å²) in [4.78, 5) is 19.8. The minimum Gasteiger partial charge on any atom is -0.347 e. The van der Waals surface area contributed by atoms with Crippen LogP contribution in [0.4, 0.5) is 0 Å². The number of imidazole rings is 1. The Kier molecular flexibility index (Phi) is 5.07. The summed E-state index contributed by atoms with van der Waals surface area (Å²) in [5.41, 5.74) is 0.363. The van der Waals surface area contributed by atoms with Crippen LogP contribution in [0, 0.1) is 17.3 Å². The first-order chi connectivity index (χ1) is 9.91. The molecule has 0 radical (unpaired) electrons.